The van der Waals surface area contributed by atoms with Gasteiger partial charge in [0.1, 0.15) is 0 Å². The molecule has 0 heteroatoms. The van der Waals surface area contributed by atoms with Gasteiger partial charge in [-0.1, -0.05) is 73.6 Å². The Hall–Kier alpha value is 0. The van der Waals surface area contributed by atoms with Gasteiger partial charge in [-0.25, -0.2) is 0 Å². The van der Waals surface area contributed by atoms with E-state index in [1.807, 2.05) is 0 Å². The molecule has 9 atom stereocenters. The molecular formula is C30H54. The first kappa shape index (κ1) is 23.2. The summed E-state index contributed by atoms with van der Waals surface area (Å²) in [7, 11) is 0. The van der Waals surface area contributed by atoms with Gasteiger partial charge in [-0.3, -0.25) is 0 Å². The maximum atomic E-state index is 2.76. The number of hydrogen-bond acceptors (Lipinski definition) is 0. The Kier molecular flexibility index (Phi) is 7.02. The highest BCUT2D eigenvalue weighted by Gasteiger charge is 2.60. The third-order valence-electron chi connectivity index (χ3n) is 11.7. The van der Waals surface area contributed by atoms with Crippen LogP contribution >= 0.6 is 0 Å². The monoisotopic (exact) mass is 414 g/mol. The van der Waals surface area contributed by atoms with Crippen LogP contribution in [-0.2, 0) is 0 Å². The molecule has 0 aromatic carbocycles. The van der Waals surface area contributed by atoms with Gasteiger partial charge in [0, 0.05) is 0 Å². The zero-order valence-electron chi connectivity index (χ0n) is 21.5. The normalized spacial score (nSPS) is 46.9. The lowest BCUT2D eigenvalue weighted by atomic mass is 9.44. The lowest BCUT2D eigenvalue weighted by molar-refractivity contribution is -0.121. The van der Waals surface area contributed by atoms with Crippen molar-refractivity contribution in [3.8, 4) is 0 Å². The Morgan fingerprint density at radius 1 is 0.800 bits per heavy atom. The second-order valence-corrected chi connectivity index (χ2v) is 13.6. The van der Waals surface area contributed by atoms with Crippen molar-refractivity contribution in [1.29, 1.82) is 0 Å². The molecule has 30 heavy (non-hydrogen) atoms. The Morgan fingerprint density at radius 3 is 2.27 bits per heavy atom. The molecule has 4 aliphatic rings. The zero-order chi connectivity index (χ0) is 21.5. The number of rotatable bonds is 7. The number of hydrogen-bond donors (Lipinski definition) is 0. The van der Waals surface area contributed by atoms with E-state index in [4.69, 9.17) is 0 Å². The van der Waals surface area contributed by atoms with E-state index in [2.05, 4.69) is 41.5 Å². The van der Waals surface area contributed by atoms with Crippen LogP contribution in [0.4, 0.5) is 0 Å². The second kappa shape index (κ2) is 9.09. The molecule has 0 unspecified atom stereocenters. The predicted octanol–water partition coefficient (Wildman–Crippen LogP) is 9.52. The van der Waals surface area contributed by atoms with Crippen LogP contribution in [0, 0.1) is 58.2 Å². The van der Waals surface area contributed by atoms with Crippen LogP contribution in [0.1, 0.15) is 131 Å². The fourth-order valence-corrected chi connectivity index (χ4v) is 10.0. The van der Waals surface area contributed by atoms with Gasteiger partial charge in [-0.2, -0.15) is 0 Å². The molecule has 4 rings (SSSR count). The molecule has 0 aromatic rings. The Balaban J connectivity index is 1.43. The van der Waals surface area contributed by atoms with Gasteiger partial charge < -0.3 is 0 Å². The lowest BCUT2D eigenvalue weighted by Crippen LogP contribution is -2.53. The van der Waals surface area contributed by atoms with E-state index in [-0.39, 0.29) is 0 Å². The van der Waals surface area contributed by atoms with E-state index in [1.54, 1.807) is 57.8 Å². The second-order valence-electron chi connectivity index (χ2n) is 13.6. The van der Waals surface area contributed by atoms with Crippen molar-refractivity contribution in [1.82, 2.24) is 0 Å². The highest BCUT2D eigenvalue weighted by atomic mass is 14.6. The molecule has 0 N–H and O–H groups in total. The van der Waals surface area contributed by atoms with E-state index in [1.165, 1.54) is 32.1 Å². The van der Waals surface area contributed by atoms with Crippen molar-refractivity contribution in [2.24, 2.45) is 58.2 Å². The summed E-state index contributed by atoms with van der Waals surface area (Å²) in [6.45, 7) is 15.3. The van der Waals surface area contributed by atoms with Crippen molar-refractivity contribution < 1.29 is 0 Å². The van der Waals surface area contributed by atoms with Crippen LogP contribution in [-0.4, -0.2) is 0 Å². The molecule has 4 saturated carbocycles. The molecule has 0 amide bonds. The third kappa shape index (κ3) is 4.05. The average molecular weight is 415 g/mol. The third-order valence-corrected chi connectivity index (χ3v) is 11.7. The van der Waals surface area contributed by atoms with Gasteiger partial charge in [0.05, 0.1) is 0 Å². The van der Waals surface area contributed by atoms with Crippen LogP contribution in [0.25, 0.3) is 0 Å². The first-order chi connectivity index (χ1) is 14.3. The van der Waals surface area contributed by atoms with Crippen LogP contribution in [0.15, 0.2) is 0 Å². The van der Waals surface area contributed by atoms with Gasteiger partial charge in [0.25, 0.3) is 0 Å². The quantitative estimate of drug-likeness (QED) is 0.389. The Labute approximate surface area is 189 Å². The van der Waals surface area contributed by atoms with Gasteiger partial charge >= 0.3 is 0 Å². The molecule has 0 aliphatic heterocycles. The van der Waals surface area contributed by atoms with E-state index < -0.39 is 0 Å². The van der Waals surface area contributed by atoms with Crippen molar-refractivity contribution >= 4 is 0 Å². The first-order valence-electron chi connectivity index (χ1n) is 14.3. The molecule has 0 spiro atoms. The molecule has 4 aliphatic carbocycles. The van der Waals surface area contributed by atoms with Gasteiger partial charge in [-0.15, -0.1) is 0 Å². The Bertz CT molecular complexity index is 562. The zero-order valence-corrected chi connectivity index (χ0v) is 21.5. The summed E-state index contributed by atoms with van der Waals surface area (Å²) in [4.78, 5) is 0. The fraction of sp³-hybridized carbons (Fsp3) is 1.00. The maximum Gasteiger partial charge on any atom is -0.0264 e. The minimum Gasteiger partial charge on any atom is -0.0654 e. The highest BCUT2D eigenvalue weighted by molar-refractivity contribution is 5.09. The van der Waals surface area contributed by atoms with Gasteiger partial charge in [0.2, 0.25) is 0 Å². The predicted molar refractivity (Wildman–Crippen MR) is 131 cm³/mol. The van der Waals surface area contributed by atoms with Gasteiger partial charge in [0.15, 0.2) is 0 Å². The summed E-state index contributed by atoms with van der Waals surface area (Å²) in [5, 5.41) is 0. The minimum absolute atomic E-state index is 0.668. The Morgan fingerprint density at radius 2 is 1.53 bits per heavy atom. The first-order valence-corrected chi connectivity index (χ1v) is 14.3. The molecule has 0 bridgehead atoms. The van der Waals surface area contributed by atoms with E-state index in [9.17, 15) is 0 Å². The van der Waals surface area contributed by atoms with Crippen LogP contribution in [0.3, 0.4) is 0 Å². The largest absolute Gasteiger partial charge is 0.0654 e. The molecule has 0 aromatic heterocycles. The van der Waals surface area contributed by atoms with Crippen molar-refractivity contribution in [2.45, 2.75) is 131 Å². The van der Waals surface area contributed by atoms with Crippen molar-refractivity contribution in [3.05, 3.63) is 0 Å². The maximum absolute atomic E-state index is 2.76. The average Bonchev–Trinajstić information content (AvgIpc) is 3.05. The topological polar surface area (TPSA) is 0 Å². The summed E-state index contributed by atoms with van der Waals surface area (Å²) >= 11 is 0. The van der Waals surface area contributed by atoms with Crippen molar-refractivity contribution in [2.75, 3.05) is 0 Å². The standard InChI is InChI=1S/C30H54/c1-7-9-23-16-18-29(5)24(20-23)12-13-25-27-15-14-26(22(4)11-8-10-21(2)3)30(27,6)19-17-28(25)29/h21-28H,7-20H2,1-6H3/t22-,23-,24+,25+,26-,27+,28+,29+,30-/m1/s1. The number of fused-ring (bicyclic) bond motifs is 5. The smallest absolute Gasteiger partial charge is 0.0264 e. The van der Waals surface area contributed by atoms with Crippen LogP contribution < -0.4 is 0 Å². The lowest BCUT2D eigenvalue weighted by Gasteiger charge is -2.61. The van der Waals surface area contributed by atoms with E-state index >= 15 is 0 Å². The summed E-state index contributed by atoms with van der Waals surface area (Å²) in [6.07, 6.45) is 21.3. The van der Waals surface area contributed by atoms with Crippen LogP contribution in [0.2, 0.25) is 0 Å². The van der Waals surface area contributed by atoms with Gasteiger partial charge in [-0.05, 0) is 116 Å². The van der Waals surface area contributed by atoms with E-state index in [0.29, 0.717) is 10.8 Å². The summed E-state index contributed by atoms with van der Waals surface area (Å²) in [5.74, 6) is 8.14. The summed E-state index contributed by atoms with van der Waals surface area (Å²) < 4.78 is 0. The molecular weight excluding hydrogens is 360 g/mol. The highest BCUT2D eigenvalue weighted by Crippen LogP contribution is 2.68. The minimum atomic E-state index is 0.668. The molecule has 0 radical (unpaired) electrons. The molecule has 0 nitrogen and oxygen atoms in total. The molecule has 174 valence electrons. The van der Waals surface area contributed by atoms with E-state index in [0.717, 1.165) is 47.3 Å². The van der Waals surface area contributed by atoms with Crippen LogP contribution in [0.5, 0.6) is 0 Å². The molecule has 0 saturated heterocycles. The molecule has 0 heterocycles. The summed E-state index contributed by atoms with van der Waals surface area (Å²) in [5.41, 5.74) is 1.36. The SMILES string of the molecule is CCC[C@@H]1CC[C@@]2(C)[C@@H](CC[C@@H]3[C@@H]2CC[C@]2(C)[C@@H]([C@H](C)CCCC(C)C)CC[C@@H]32)C1. The molecule has 4 fully saturated rings. The summed E-state index contributed by atoms with van der Waals surface area (Å²) in [6, 6.07) is 0. The fourth-order valence-electron chi connectivity index (χ4n) is 10.0. The van der Waals surface area contributed by atoms with Crippen molar-refractivity contribution in [3.63, 3.8) is 0 Å².